The summed E-state index contributed by atoms with van der Waals surface area (Å²) in [6.07, 6.45) is 0.0166. The van der Waals surface area contributed by atoms with Crippen LogP contribution in [-0.2, 0) is 14.4 Å². The molecular weight excluding hydrogens is 278 g/mol. The highest BCUT2D eigenvalue weighted by molar-refractivity contribution is 5.75. The lowest BCUT2D eigenvalue weighted by Crippen LogP contribution is -2.26. The van der Waals surface area contributed by atoms with Crippen LogP contribution in [-0.4, -0.2) is 18.7 Å². The van der Waals surface area contributed by atoms with Gasteiger partial charge in [-0.2, -0.15) is 0 Å². The number of carbonyl (C=O) groups is 1. The van der Waals surface area contributed by atoms with Crippen LogP contribution in [0.25, 0.3) is 0 Å². The van der Waals surface area contributed by atoms with Crippen LogP contribution in [0.15, 0.2) is 60.7 Å². The van der Waals surface area contributed by atoms with Crippen molar-refractivity contribution in [2.75, 3.05) is 11.7 Å². The van der Waals surface area contributed by atoms with Gasteiger partial charge in [-0.1, -0.05) is 48.5 Å². The molecule has 2 unspecified atom stereocenters. The number of anilines is 1. The van der Waals surface area contributed by atoms with Crippen molar-refractivity contribution in [1.29, 1.82) is 0 Å². The fourth-order valence-corrected chi connectivity index (χ4v) is 2.69. The second-order valence-corrected chi connectivity index (χ2v) is 5.17. The zero-order chi connectivity index (χ0) is 15.4. The van der Waals surface area contributed by atoms with E-state index in [-0.39, 0.29) is 12.0 Å². The van der Waals surface area contributed by atoms with Crippen molar-refractivity contribution in [2.24, 2.45) is 0 Å². The Bertz CT molecular complexity index is 567. The zero-order valence-corrected chi connectivity index (χ0v) is 12.5. The zero-order valence-electron chi connectivity index (χ0n) is 12.5. The summed E-state index contributed by atoms with van der Waals surface area (Å²) in [6.45, 7) is 2.16. The van der Waals surface area contributed by atoms with E-state index >= 15 is 0 Å². The molecule has 1 saturated heterocycles. The van der Waals surface area contributed by atoms with Crippen molar-refractivity contribution < 1.29 is 14.4 Å². The number of carbonyl (C=O) groups excluding carboxylic acids is 1. The Labute approximate surface area is 130 Å². The van der Waals surface area contributed by atoms with Crippen LogP contribution in [0.3, 0.4) is 0 Å². The van der Waals surface area contributed by atoms with E-state index in [0.717, 1.165) is 11.3 Å². The highest BCUT2D eigenvalue weighted by atomic mass is 16.7. The van der Waals surface area contributed by atoms with Crippen LogP contribution < -0.4 is 5.06 Å². The molecule has 114 valence electrons. The molecule has 4 heteroatoms. The van der Waals surface area contributed by atoms with Crippen molar-refractivity contribution in [3.05, 3.63) is 66.2 Å². The average Bonchev–Trinajstić information content (AvgIpc) is 3.02. The number of rotatable bonds is 4. The molecule has 1 heterocycles. The molecule has 0 N–H and O–H groups in total. The molecule has 0 spiro atoms. The van der Waals surface area contributed by atoms with Crippen LogP contribution in [0.1, 0.15) is 24.9 Å². The average molecular weight is 297 g/mol. The van der Waals surface area contributed by atoms with Gasteiger partial charge in [-0.25, -0.2) is 9.86 Å². The van der Waals surface area contributed by atoms with Gasteiger partial charge in [0.15, 0.2) is 6.10 Å². The van der Waals surface area contributed by atoms with Crippen molar-refractivity contribution in [2.45, 2.75) is 25.5 Å². The quantitative estimate of drug-likeness (QED) is 0.810. The van der Waals surface area contributed by atoms with E-state index in [4.69, 9.17) is 9.57 Å². The monoisotopic (exact) mass is 297 g/mol. The molecule has 1 fully saturated rings. The Morgan fingerprint density at radius 3 is 2.41 bits per heavy atom. The smallest absolute Gasteiger partial charge is 0.338 e. The molecule has 0 aromatic heterocycles. The third-order valence-electron chi connectivity index (χ3n) is 3.71. The molecule has 3 rings (SSSR count). The lowest BCUT2D eigenvalue weighted by atomic mass is 10.0. The highest BCUT2D eigenvalue weighted by Gasteiger charge is 2.39. The van der Waals surface area contributed by atoms with Crippen molar-refractivity contribution in [3.8, 4) is 0 Å². The molecule has 1 aliphatic rings. The molecular formula is C18H19NO3. The van der Waals surface area contributed by atoms with Gasteiger partial charge in [0, 0.05) is 6.42 Å². The van der Waals surface area contributed by atoms with Gasteiger partial charge in [0.1, 0.15) is 0 Å². The lowest BCUT2D eigenvalue weighted by Gasteiger charge is -2.24. The largest absolute Gasteiger partial charge is 0.464 e. The number of para-hydroxylation sites is 1. The van der Waals surface area contributed by atoms with Gasteiger partial charge in [0.05, 0.1) is 18.3 Å². The van der Waals surface area contributed by atoms with E-state index in [1.165, 1.54) is 0 Å². The molecule has 2 aromatic carbocycles. The molecule has 0 radical (unpaired) electrons. The Balaban J connectivity index is 1.89. The van der Waals surface area contributed by atoms with E-state index in [1.807, 2.05) is 53.6 Å². The number of nitrogens with zero attached hydrogens (tertiary/aromatic N) is 1. The maximum Gasteiger partial charge on any atom is 0.338 e. The van der Waals surface area contributed by atoms with Gasteiger partial charge in [-0.15, -0.1) is 0 Å². The summed E-state index contributed by atoms with van der Waals surface area (Å²) in [7, 11) is 0. The third kappa shape index (κ3) is 2.97. The number of hydroxylamine groups is 1. The SMILES string of the molecule is CCOC(=O)C1CC(c2ccccc2)N(c2ccccc2)O1. The lowest BCUT2D eigenvalue weighted by molar-refractivity contribution is -0.154. The van der Waals surface area contributed by atoms with Crippen LogP contribution in [0.4, 0.5) is 5.69 Å². The number of hydrogen-bond acceptors (Lipinski definition) is 4. The summed E-state index contributed by atoms with van der Waals surface area (Å²) >= 11 is 0. The molecule has 0 bridgehead atoms. The first-order valence-electron chi connectivity index (χ1n) is 7.52. The predicted molar refractivity (Wildman–Crippen MR) is 84.2 cm³/mol. The first-order chi connectivity index (χ1) is 10.8. The standard InChI is InChI=1S/C18H19NO3/c1-2-21-18(20)17-13-16(14-9-5-3-6-10-14)19(22-17)15-11-7-4-8-12-15/h3-12,16-17H,2,13H2,1H3. The van der Waals surface area contributed by atoms with E-state index in [9.17, 15) is 4.79 Å². The number of ether oxygens (including phenoxy) is 1. The molecule has 4 nitrogen and oxygen atoms in total. The molecule has 0 aliphatic carbocycles. The minimum Gasteiger partial charge on any atom is -0.464 e. The topological polar surface area (TPSA) is 38.8 Å². The second-order valence-electron chi connectivity index (χ2n) is 5.17. The Morgan fingerprint density at radius 2 is 1.77 bits per heavy atom. The molecule has 2 atom stereocenters. The molecule has 2 aromatic rings. The van der Waals surface area contributed by atoms with Crippen LogP contribution in [0.5, 0.6) is 0 Å². The fourth-order valence-electron chi connectivity index (χ4n) is 2.69. The third-order valence-corrected chi connectivity index (χ3v) is 3.71. The van der Waals surface area contributed by atoms with E-state index in [2.05, 4.69) is 12.1 Å². The molecule has 0 amide bonds. The van der Waals surface area contributed by atoms with Gasteiger partial charge in [-0.3, -0.25) is 4.84 Å². The minimum atomic E-state index is -0.564. The number of esters is 1. The summed E-state index contributed by atoms with van der Waals surface area (Å²) in [4.78, 5) is 17.9. The van der Waals surface area contributed by atoms with E-state index < -0.39 is 6.10 Å². The Morgan fingerprint density at radius 1 is 1.14 bits per heavy atom. The van der Waals surface area contributed by atoms with Gasteiger partial charge < -0.3 is 4.74 Å². The van der Waals surface area contributed by atoms with Crippen molar-refractivity contribution in [1.82, 2.24) is 0 Å². The summed E-state index contributed by atoms with van der Waals surface area (Å²) in [5, 5.41) is 1.82. The number of benzene rings is 2. The minimum absolute atomic E-state index is 0.00185. The maximum absolute atomic E-state index is 12.0. The Hall–Kier alpha value is -2.33. The van der Waals surface area contributed by atoms with E-state index in [0.29, 0.717) is 13.0 Å². The first-order valence-corrected chi connectivity index (χ1v) is 7.52. The van der Waals surface area contributed by atoms with Gasteiger partial charge in [-0.05, 0) is 24.6 Å². The summed E-state index contributed by atoms with van der Waals surface area (Å²) in [5.74, 6) is -0.304. The van der Waals surface area contributed by atoms with Crippen molar-refractivity contribution in [3.63, 3.8) is 0 Å². The number of hydrogen-bond donors (Lipinski definition) is 0. The Kier molecular flexibility index (Phi) is 4.39. The van der Waals surface area contributed by atoms with E-state index in [1.54, 1.807) is 6.92 Å². The van der Waals surface area contributed by atoms with Gasteiger partial charge in [0.25, 0.3) is 0 Å². The summed E-state index contributed by atoms with van der Waals surface area (Å²) in [5.41, 5.74) is 2.06. The summed E-state index contributed by atoms with van der Waals surface area (Å²) < 4.78 is 5.10. The first kappa shape index (κ1) is 14.6. The highest BCUT2D eigenvalue weighted by Crippen LogP contribution is 2.38. The van der Waals surface area contributed by atoms with Crippen LogP contribution >= 0.6 is 0 Å². The van der Waals surface area contributed by atoms with Crippen LogP contribution in [0.2, 0.25) is 0 Å². The summed E-state index contributed by atoms with van der Waals surface area (Å²) in [6, 6.07) is 19.9. The second kappa shape index (κ2) is 6.62. The molecule has 1 aliphatic heterocycles. The van der Waals surface area contributed by atoms with Gasteiger partial charge in [0.2, 0.25) is 0 Å². The van der Waals surface area contributed by atoms with Gasteiger partial charge >= 0.3 is 5.97 Å². The normalized spacial score (nSPS) is 20.9. The fraction of sp³-hybridized carbons (Fsp3) is 0.278. The predicted octanol–water partition coefficient (Wildman–Crippen LogP) is 3.50. The molecule has 22 heavy (non-hydrogen) atoms. The van der Waals surface area contributed by atoms with Crippen molar-refractivity contribution >= 4 is 11.7 Å². The molecule has 0 saturated carbocycles. The maximum atomic E-state index is 12.0. The van der Waals surface area contributed by atoms with Crippen LogP contribution in [0, 0.1) is 0 Å².